The summed E-state index contributed by atoms with van der Waals surface area (Å²) in [6, 6.07) is 4.62. The molecule has 0 aliphatic heterocycles. The number of nitrogens with two attached hydrogens (primary N) is 2. The SMILES string of the molecule is COc1c(F)cccc1[C@@H](N)CCCCN. The lowest BCUT2D eigenvalue weighted by molar-refractivity contribution is 0.376. The molecule has 3 nitrogen and oxygen atoms in total. The van der Waals surface area contributed by atoms with Gasteiger partial charge in [-0.15, -0.1) is 0 Å². The third-order valence-electron chi connectivity index (χ3n) is 2.57. The summed E-state index contributed by atoms with van der Waals surface area (Å²) in [7, 11) is 1.45. The van der Waals surface area contributed by atoms with Crippen molar-refractivity contribution in [1.82, 2.24) is 0 Å². The van der Waals surface area contributed by atoms with Gasteiger partial charge in [-0.05, 0) is 25.5 Å². The van der Waals surface area contributed by atoms with Crippen LogP contribution in [0.3, 0.4) is 0 Å². The molecule has 0 amide bonds. The molecule has 1 rings (SSSR count). The van der Waals surface area contributed by atoms with Gasteiger partial charge in [0.2, 0.25) is 0 Å². The van der Waals surface area contributed by atoms with E-state index in [1.165, 1.54) is 13.2 Å². The fraction of sp³-hybridized carbons (Fsp3) is 0.500. The molecule has 0 fully saturated rings. The molecule has 90 valence electrons. The fourth-order valence-electron chi connectivity index (χ4n) is 1.70. The van der Waals surface area contributed by atoms with Crippen molar-refractivity contribution in [2.45, 2.75) is 25.3 Å². The standard InChI is InChI=1S/C12H19FN2O/c1-16-12-9(5-4-6-10(12)13)11(15)7-2-3-8-14/h4-6,11H,2-3,7-8,14-15H2,1H3/t11-/m0/s1. The second-order valence-corrected chi connectivity index (χ2v) is 3.75. The van der Waals surface area contributed by atoms with E-state index in [2.05, 4.69) is 0 Å². The lowest BCUT2D eigenvalue weighted by atomic mass is 10.0. The van der Waals surface area contributed by atoms with Crippen molar-refractivity contribution in [2.24, 2.45) is 11.5 Å². The highest BCUT2D eigenvalue weighted by atomic mass is 19.1. The molecule has 0 aliphatic carbocycles. The summed E-state index contributed by atoms with van der Waals surface area (Å²) in [6.07, 6.45) is 2.67. The quantitative estimate of drug-likeness (QED) is 0.729. The molecule has 16 heavy (non-hydrogen) atoms. The van der Waals surface area contributed by atoms with Gasteiger partial charge in [0.05, 0.1) is 7.11 Å². The molecule has 1 atom stereocenters. The van der Waals surface area contributed by atoms with Crippen LogP contribution in [0.25, 0.3) is 0 Å². The highest BCUT2D eigenvalue weighted by Gasteiger charge is 2.14. The Bertz CT molecular complexity index is 331. The number of ether oxygens (including phenoxy) is 1. The maximum Gasteiger partial charge on any atom is 0.165 e. The Labute approximate surface area is 95.6 Å². The molecule has 0 aromatic heterocycles. The van der Waals surface area contributed by atoms with Gasteiger partial charge in [-0.1, -0.05) is 18.6 Å². The number of hydrogen-bond acceptors (Lipinski definition) is 3. The van der Waals surface area contributed by atoms with E-state index >= 15 is 0 Å². The van der Waals surface area contributed by atoms with Crippen molar-refractivity contribution < 1.29 is 9.13 Å². The predicted octanol–water partition coefficient (Wildman–Crippen LogP) is 1.96. The molecule has 0 heterocycles. The predicted molar refractivity (Wildman–Crippen MR) is 62.8 cm³/mol. The number of hydrogen-bond donors (Lipinski definition) is 2. The van der Waals surface area contributed by atoms with E-state index in [-0.39, 0.29) is 17.6 Å². The van der Waals surface area contributed by atoms with Crippen LogP contribution in [0.5, 0.6) is 5.75 Å². The van der Waals surface area contributed by atoms with E-state index < -0.39 is 0 Å². The number of halogens is 1. The number of benzene rings is 1. The molecule has 4 heteroatoms. The van der Waals surface area contributed by atoms with Gasteiger partial charge in [0.15, 0.2) is 11.6 Å². The Morgan fingerprint density at radius 1 is 1.38 bits per heavy atom. The molecule has 1 aromatic rings. The Morgan fingerprint density at radius 2 is 2.12 bits per heavy atom. The molecule has 0 saturated carbocycles. The van der Waals surface area contributed by atoms with Crippen molar-refractivity contribution in [1.29, 1.82) is 0 Å². The van der Waals surface area contributed by atoms with E-state index in [1.54, 1.807) is 12.1 Å². The molecule has 0 saturated heterocycles. The highest BCUT2D eigenvalue weighted by Crippen LogP contribution is 2.29. The number of para-hydroxylation sites is 1. The van der Waals surface area contributed by atoms with Crippen LogP contribution >= 0.6 is 0 Å². The number of rotatable bonds is 6. The van der Waals surface area contributed by atoms with E-state index in [0.29, 0.717) is 6.54 Å². The maximum absolute atomic E-state index is 13.4. The summed E-state index contributed by atoms with van der Waals surface area (Å²) in [4.78, 5) is 0. The number of methoxy groups -OCH3 is 1. The van der Waals surface area contributed by atoms with Gasteiger partial charge < -0.3 is 16.2 Å². The van der Waals surface area contributed by atoms with Gasteiger partial charge in [0.1, 0.15) is 0 Å². The third-order valence-corrected chi connectivity index (χ3v) is 2.57. The Balaban J connectivity index is 2.74. The molecule has 0 bridgehead atoms. The first-order chi connectivity index (χ1) is 7.70. The lowest BCUT2D eigenvalue weighted by Gasteiger charge is -2.15. The van der Waals surface area contributed by atoms with Crippen LogP contribution in [0.15, 0.2) is 18.2 Å². The van der Waals surface area contributed by atoms with Crippen molar-refractivity contribution in [3.63, 3.8) is 0 Å². The molecule has 0 spiro atoms. The van der Waals surface area contributed by atoms with Crippen molar-refractivity contribution in [3.8, 4) is 5.75 Å². The molecule has 0 aliphatic rings. The van der Waals surface area contributed by atoms with E-state index in [0.717, 1.165) is 24.8 Å². The van der Waals surface area contributed by atoms with E-state index in [9.17, 15) is 4.39 Å². The first kappa shape index (κ1) is 12.9. The smallest absolute Gasteiger partial charge is 0.165 e. The Hall–Kier alpha value is -1.13. The summed E-state index contributed by atoms with van der Waals surface area (Å²) in [5.41, 5.74) is 12.1. The first-order valence-electron chi connectivity index (χ1n) is 5.48. The normalized spacial score (nSPS) is 12.5. The Morgan fingerprint density at radius 3 is 2.75 bits per heavy atom. The average molecular weight is 226 g/mol. The average Bonchev–Trinajstić information content (AvgIpc) is 2.29. The summed E-state index contributed by atoms with van der Waals surface area (Å²) in [5.74, 6) is -0.114. The van der Waals surface area contributed by atoms with Gasteiger partial charge in [-0.2, -0.15) is 0 Å². The molecular formula is C12H19FN2O. The largest absolute Gasteiger partial charge is 0.493 e. The summed E-state index contributed by atoms with van der Waals surface area (Å²) in [5, 5.41) is 0. The lowest BCUT2D eigenvalue weighted by Crippen LogP contribution is -2.13. The first-order valence-corrected chi connectivity index (χ1v) is 5.48. The van der Waals surface area contributed by atoms with Gasteiger partial charge >= 0.3 is 0 Å². The molecule has 1 aromatic carbocycles. The van der Waals surface area contributed by atoms with E-state index in [1.807, 2.05) is 0 Å². The fourth-order valence-corrected chi connectivity index (χ4v) is 1.70. The minimum atomic E-state index is -0.366. The van der Waals surface area contributed by atoms with Gasteiger partial charge in [0.25, 0.3) is 0 Å². The Kier molecular flexibility index (Phi) is 5.22. The van der Waals surface area contributed by atoms with Crippen molar-refractivity contribution in [3.05, 3.63) is 29.6 Å². The van der Waals surface area contributed by atoms with Crippen LogP contribution in [0.1, 0.15) is 30.9 Å². The van der Waals surface area contributed by atoms with Crippen LogP contribution in [0.2, 0.25) is 0 Å². The van der Waals surface area contributed by atoms with Crippen LogP contribution < -0.4 is 16.2 Å². The van der Waals surface area contributed by atoms with Crippen LogP contribution in [-0.2, 0) is 0 Å². The minimum absolute atomic E-state index is 0.197. The maximum atomic E-state index is 13.4. The summed E-state index contributed by atoms with van der Waals surface area (Å²) < 4.78 is 18.4. The van der Waals surface area contributed by atoms with E-state index in [4.69, 9.17) is 16.2 Å². The highest BCUT2D eigenvalue weighted by molar-refractivity contribution is 5.37. The van der Waals surface area contributed by atoms with Crippen molar-refractivity contribution >= 4 is 0 Å². The summed E-state index contributed by atoms with van der Waals surface area (Å²) >= 11 is 0. The molecule has 0 radical (unpaired) electrons. The van der Waals surface area contributed by atoms with Crippen LogP contribution in [-0.4, -0.2) is 13.7 Å². The molecule has 0 unspecified atom stereocenters. The van der Waals surface area contributed by atoms with Gasteiger partial charge in [-0.3, -0.25) is 0 Å². The molecule has 4 N–H and O–H groups in total. The second-order valence-electron chi connectivity index (χ2n) is 3.75. The third kappa shape index (κ3) is 3.18. The molecular weight excluding hydrogens is 207 g/mol. The second kappa shape index (κ2) is 6.45. The zero-order valence-electron chi connectivity index (χ0n) is 9.58. The van der Waals surface area contributed by atoms with Crippen LogP contribution in [0, 0.1) is 5.82 Å². The van der Waals surface area contributed by atoms with Gasteiger partial charge in [-0.25, -0.2) is 4.39 Å². The topological polar surface area (TPSA) is 61.3 Å². The van der Waals surface area contributed by atoms with Gasteiger partial charge in [0, 0.05) is 11.6 Å². The zero-order chi connectivity index (χ0) is 12.0. The number of unbranched alkanes of at least 4 members (excludes halogenated alkanes) is 1. The van der Waals surface area contributed by atoms with Crippen LogP contribution in [0.4, 0.5) is 4.39 Å². The zero-order valence-corrected chi connectivity index (χ0v) is 9.58. The van der Waals surface area contributed by atoms with Crippen molar-refractivity contribution in [2.75, 3.05) is 13.7 Å². The summed E-state index contributed by atoms with van der Waals surface area (Å²) in [6.45, 7) is 0.660. The minimum Gasteiger partial charge on any atom is -0.493 e. The monoisotopic (exact) mass is 226 g/mol.